The first-order valence-electron chi connectivity index (χ1n) is 7.40. The average molecular weight is 288 g/mol. The van der Waals surface area contributed by atoms with Crippen molar-refractivity contribution in [2.24, 2.45) is 0 Å². The van der Waals surface area contributed by atoms with Gasteiger partial charge in [-0.3, -0.25) is 5.10 Å². The molecular formula is C14H20N6O. The topological polar surface area (TPSA) is 83.3 Å². The van der Waals surface area contributed by atoms with E-state index < -0.39 is 0 Å². The average Bonchev–Trinajstić information content (AvgIpc) is 2.88. The molecule has 0 radical (unpaired) electrons. The van der Waals surface area contributed by atoms with Crippen molar-refractivity contribution in [2.45, 2.75) is 13.0 Å². The van der Waals surface area contributed by atoms with E-state index in [2.05, 4.69) is 27.0 Å². The fraction of sp³-hybridized carbons (Fsp3) is 0.571. The number of aromatic nitrogens is 3. The van der Waals surface area contributed by atoms with Crippen molar-refractivity contribution in [3.63, 3.8) is 0 Å². The summed E-state index contributed by atoms with van der Waals surface area (Å²) in [5.74, 6) is 1.69. The summed E-state index contributed by atoms with van der Waals surface area (Å²) in [6, 6.07) is 0. The maximum absolute atomic E-state index is 6.06. The number of anilines is 2. The summed E-state index contributed by atoms with van der Waals surface area (Å²) in [6.45, 7) is 5.23. The number of nitrogens with zero attached hydrogens (tertiary/aromatic N) is 4. The largest absolute Gasteiger partial charge is 0.384 e. The predicted octanol–water partition coefficient (Wildman–Crippen LogP) is 0.365. The number of hydrogen-bond donors (Lipinski definition) is 2. The Kier molecular flexibility index (Phi) is 2.97. The van der Waals surface area contributed by atoms with E-state index in [1.165, 1.54) is 11.1 Å². The summed E-state index contributed by atoms with van der Waals surface area (Å²) in [5, 5.41) is 8.15. The van der Waals surface area contributed by atoms with Crippen molar-refractivity contribution < 1.29 is 4.74 Å². The van der Waals surface area contributed by atoms with E-state index in [0.29, 0.717) is 5.82 Å². The smallest absolute Gasteiger partial charge is 0.185 e. The molecule has 0 aliphatic carbocycles. The molecule has 0 aromatic carbocycles. The van der Waals surface area contributed by atoms with Crippen LogP contribution >= 0.6 is 0 Å². The van der Waals surface area contributed by atoms with Gasteiger partial charge in [-0.25, -0.2) is 4.98 Å². The van der Waals surface area contributed by atoms with Gasteiger partial charge in [0.25, 0.3) is 0 Å². The summed E-state index contributed by atoms with van der Waals surface area (Å²) in [5.41, 5.74) is 9.40. The molecule has 0 bridgehead atoms. The molecular weight excluding hydrogens is 268 g/mol. The molecule has 1 saturated heterocycles. The lowest BCUT2D eigenvalue weighted by Crippen LogP contribution is -2.39. The van der Waals surface area contributed by atoms with Gasteiger partial charge < -0.3 is 20.3 Å². The Hall–Kier alpha value is -1.86. The third kappa shape index (κ3) is 2.04. The number of nitrogen functional groups attached to an aromatic ring is 1. The zero-order chi connectivity index (χ0) is 14.4. The van der Waals surface area contributed by atoms with Crippen LogP contribution in [-0.4, -0.2) is 60.0 Å². The normalized spacial score (nSPS) is 20.0. The number of H-pyrrole nitrogens is 1. The Morgan fingerprint density at radius 3 is 2.81 bits per heavy atom. The van der Waals surface area contributed by atoms with Gasteiger partial charge >= 0.3 is 0 Å². The minimum absolute atomic E-state index is 0.631. The molecule has 0 amide bonds. The maximum atomic E-state index is 6.06. The molecule has 21 heavy (non-hydrogen) atoms. The zero-order valence-corrected chi connectivity index (χ0v) is 12.2. The van der Waals surface area contributed by atoms with Crippen molar-refractivity contribution in [2.75, 3.05) is 50.5 Å². The molecule has 0 saturated carbocycles. The van der Waals surface area contributed by atoms with Crippen molar-refractivity contribution in [3.05, 3.63) is 11.1 Å². The number of ether oxygens (including phenoxy) is 1. The highest BCUT2D eigenvalue weighted by Gasteiger charge is 2.26. The van der Waals surface area contributed by atoms with Gasteiger partial charge in [-0.15, -0.1) is 0 Å². The van der Waals surface area contributed by atoms with E-state index in [9.17, 15) is 0 Å². The number of rotatable bonds is 1. The van der Waals surface area contributed by atoms with Crippen LogP contribution in [0, 0.1) is 0 Å². The molecule has 4 heterocycles. The second kappa shape index (κ2) is 4.85. The fourth-order valence-electron chi connectivity index (χ4n) is 3.31. The van der Waals surface area contributed by atoms with Crippen molar-refractivity contribution in [1.82, 2.24) is 20.1 Å². The van der Waals surface area contributed by atoms with Gasteiger partial charge in [0.2, 0.25) is 0 Å². The second-order valence-electron chi connectivity index (χ2n) is 5.82. The summed E-state index contributed by atoms with van der Waals surface area (Å²) in [6.07, 6.45) is 0.992. The lowest BCUT2D eigenvalue weighted by atomic mass is 9.97. The van der Waals surface area contributed by atoms with Crippen LogP contribution in [0.1, 0.15) is 11.1 Å². The number of nitrogens with one attached hydrogen (secondary N) is 1. The van der Waals surface area contributed by atoms with Crippen LogP contribution in [0.25, 0.3) is 11.0 Å². The number of nitrogens with two attached hydrogens (primary N) is 1. The molecule has 2 aliphatic rings. The highest BCUT2D eigenvalue weighted by Crippen LogP contribution is 2.34. The molecule has 1 fully saturated rings. The van der Waals surface area contributed by atoms with Crippen molar-refractivity contribution in [1.29, 1.82) is 0 Å². The minimum Gasteiger partial charge on any atom is -0.384 e. The van der Waals surface area contributed by atoms with Crippen LogP contribution in [0.5, 0.6) is 0 Å². The summed E-state index contributed by atoms with van der Waals surface area (Å²) in [7, 11) is 2.15. The van der Waals surface area contributed by atoms with Crippen molar-refractivity contribution >= 4 is 22.7 Å². The van der Waals surface area contributed by atoms with Gasteiger partial charge in [0.05, 0.1) is 18.6 Å². The van der Waals surface area contributed by atoms with Crippen LogP contribution in [0.3, 0.4) is 0 Å². The summed E-state index contributed by atoms with van der Waals surface area (Å²) in [4.78, 5) is 9.43. The quantitative estimate of drug-likeness (QED) is 0.788. The number of aromatic amines is 1. The predicted molar refractivity (Wildman–Crippen MR) is 81.4 cm³/mol. The maximum Gasteiger partial charge on any atom is 0.185 e. The first-order chi connectivity index (χ1) is 10.2. The molecule has 7 nitrogen and oxygen atoms in total. The lowest BCUT2D eigenvalue weighted by Gasteiger charge is -2.33. The van der Waals surface area contributed by atoms with Crippen LogP contribution in [0.15, 0.2) is 0 Å². The van der Waals surface area contributed by atoms with Gasteiger partial charge in [-0.2, -0.15) is 5.10 Å². The van der Waals surface area contributed by atoms with Gasteiger partial charge in [0, 0.05) is 31.7 Å². The van der Waals surface area contributed by atoms with E-state index in [1.54, 1.807) is 0 Å². The van der Waals surface area contributed by atoms with Crippen LogP contribution in [0.2, 0.25) is 0 Å². The Bertz CT molecular complexity index is 676. The highest BCUT2D eigenvalue weighted by molar-refractivity contribution is 5.92. The van der Waals surface area contributed by atoms with E-state index in [1.807, 2.05) is 0 Å². The molecule has 2 aliphatic heterocycles. The molecule has 4 rings (SSSR count). The third-order valence-corrected chi connectivity index (χ3v) is 4.41. The van der Waals surface area contributed by atoms with Crippen LogP contribution in [-0.2, 0) is 17.7 Å². The van der Waals surface area contributed by atoms with Gasteiger partial charge in [0.1, 0.15) is 11.6 Å². The first kappa shape index (κ1) is 12.8. The zero-order valence-electron chi connectivity index (χ0n) is 12.2. The molecule has 3 N–H and O–H groups in total. The number of fused-ring (bicyclic) bond motifs is 3. The summed E-state index contributed by atoms with van der Waals surface area (Å²) < 4.78 is 5.46. The minimum atomic E-state index is 0.631. The number of likely N-dealkylation sites (N-methyl/N-ethyl adjacent to an activating group) is 1. The molecule has 0 unspecified atom stereocenters. The van der Waals surface area contributed by atoms with Gasteiger partial charge in [-0.05, 0) is 19.0 Å². The van der Waals surface area contributed by atoms with Gasteiger partial charge in [-0.1, -0.05) is 0 Å². The molecule has 0 spiro atoms. The molecule has 112 valence electrons. The van der Waals surface area contributed by atoms with Crippen LogP contribution in [0.4, 0.5) is 11.6 Å². The van der Waals surface area contributed by atoms with E-state index >= 15 is 0 Å². The van der Waals surface area contributed by atoms with Crippen molar-refractivity contribution in [3.8, 4) is 0 Å². The Morgan fingerprint density at radius 2 is 2.00 bits per heavy atom. The Morgan fingerprint density at radius 1 is 1.19 bits per heavy atom. The fourth-order valence-corrected chi connectivity index (χ4v) is 3.31. The van der Waals surface area contributed by atoms with E-state index in [0.717, 1.165) is 62.7 Å². The third-order valence-electron chi connectivity index (χ3n) is 4.41. The number of morpholine rings is 1. The Labute approximate surface area is 123 Å². The standard InChI is InChI=1S/C14H20N6O/c1-19-3-2-9-10(8-19)14(20-4-6-21-7-5-20)16-13-11(9)12(15)17-18-13/h2-8H2,1H3,(H3,15,16,17,18). The number of hydrogen-bond acceptors (Lipinski definition) is 6. The molecule has 0 atom stereocenters. The monoisotopic (exact) mass is 288 g/mol. The Balaban J connectivity index is 1.91. The second-order valence-corrected chi connectivity index (χ2v) is 5.82. The molecule has 7 heteroatoms. The summed E-state index contributed by atoms with van der Waals surface area (Å²) >= 11 is 0. The lowest BCUT2D eigenvalue weighted by molar-refractivity contribution is 0.122. The first-order valence-corrected chi connectivity index (χ1v) is 7.40. The molecule has 2 aromatic rings. The van der Waals surface area contributed by atoms with E-state index in [4.69, 9.17) is 15.5 Å². The van der Waals surface area contributed by atoms with E-state index in [-0.39, 0.29) is 0 Å². The molecule has 2 aromatic heterocycles. The number of pyridine rings is 1. The van der Waals surface area contributed by atoms with Crippen LogP contribution < -0.4 is 10.6 Å². The SMILES string of the molecule is CN1CCc2c(c(N3CCOCC3)nc3n[nH]c(N)c23)C1. The van der Waals surface area contributed by atoms with Gasteiger partial charge in [0.15, 0.2) is 5.65 Å². The highest BCUT2D eigenvalue weighted by atomic mass is 16.5.